The predicted octanol–water partition coefficient (Wildman–Crippen LogP) is 6.03. The minimum absolute atomic E-state index is 0.176. The molecule has 0 N–H and O–H groups in total. The molecule has 3 aromatic carbocycles. The van der Waals surface area contributed by atoms with Crippen LogP contribution in [0.25, 0.3) is 22.1 Å². The Kier molecular flexibility index (Phi) is 4.81. The highest BCUT2D eigenvalue weighted by Crippen LogP contribution is 2.36. The van der Waals surface area contributed by atoms with Gasteiger partial charge < -0.3 is 9.15 Å². The van der Waals surface area contributed by atoms with Crippen LogP contribution in [-0.2, 0) is 6.54 Å². The molecule has 1 atom stereocenters. The molecule has 2 heterocycles. The van der Waals surface area contributed by atoms with Gasteiger partial charge in [0.15, 0.2) is 0 Å². The van der Waals surface area contributed by atoms with E-state index >= 15 is 0 Å². The molecule has 0 fully saturated rings. The Bertz CT molecular complexity index is 1270. The van der Waals surface area contributed by atoms with Gasteiger partial charge in [0.1, 0.15) is 18.1 Å². The van der Waals surface area contributed by atoms with Crippen LogP contribution in [0.4, 0.5) is 0 Å². The lowest BCUT2D eigenvalue weighted by molar-refractivity contribution is 0.0620. The van der Waals surface area contributed by atoms with Crippen LogP contribution in [0.2, 0.25) is 5.02 Å². The van der Waals surface area contributed by atoms with Gasteiger partial charge in [-0.2, -0.15) is 0 Å². The largest absolute Gasteiger partial charge is 0.478 e. The van der Waals surface area contributed by atoms with Crippen LogP contribution >= 0.6 is 11.6 Å². The molecule has 1 aliphatic heterocycles. The molecule has 0 saturated heterocycles. The highest BCUT2D eigenvalue weighted by molar-refractivity contribution is 6.30. The molecule has 5 heteroatoms. The Balaban J connectivity index is 1.55. The molecule has 30 heavy (non-hydrogen) atoms. The second kappa shape index (κ2) is 7.63. The summed E-state index contributed by atoms with van der Waals surface area (Å²) in [6, 6.07) is 23.4. The Hall–Kier alpha value is -3.08. The van der Waals surface area contributed by atoms with Gasteiger partial charge in [0.25, 0.3) is 0 Å². The predicted molar refractivity (Wildman–Crippen MR) is 119 cm³/mol. The zero-order valence-electron chi connectivity index (χ0n) is 16.5. The molecule has 4 nitrogen and oxygen atoms in total. The summed E-state index contributed by atoms with van der Waals surface area (Å²) >= 11 is 5.98. The molecule has 150 valence electrons. The summed E-state index contributed by atoms with van der Waals surface area (Å²) in [6.45, 7) is 3.29. The molecule has 0 aliphatic carbocycles. The van der Waals surface area contributed by atoms with Crippen molar-refractivity contribution in [3.63, 3.8) is 0 Å². The van der Waals surface area contributed by atoms with Gasteiger partial charge in [-0.1, -0.05) is 54.1 Å². The lowest BCUT2D eigenvalue weighted by Gasteiger charge is -2.34. The van der Waals surface area contributed by atoms with Crippen molar-refractivity contribution < 1.29 is 9.15 Å². The fraction of sp³-hybridized carbons (Fsp3) is 0.160. The van der Waals surface area contributed by atoms with E-state index in [-0.39, 0.29) is 11.7 Å². The fourth-order valence-corrected chi connectivity index (χ4v) is 4.06. The summed E-state index contributed by atoms with van der Waals surface area (Å²) in [5.41, 5.74) is 3.64. The summed E-state index contributed by atoms with van der Waals surface area (Å²) in [4.78, 5) is 15.0. The monoisotopic (exact) mass is 417 g/mol. The summed E-state index contributed by atoms with van der Waals surface area (Å²) in [6.07, 6.45) is 0. The van der Waals surface area contributed by atoms with E-state index in [0.717, 1.165) is 22.3 Å². The zero-order valence-corrected chi connectivity index (χ0v) is 17.2. The maximum absolute atomic E-state index is 12.8. The fourth-order valence-electron chi connectivity index (χ4n) is 3.93. The van der Waals surface area contributed by atoms with Crippen LogP contribution in [0.15, 0.2) is 82.0 Å². The van der Waals surface area contributed by atoms with E-state index in [0.29, 0.717) is 29.4 Å². The molecular weight excluding hydrogens is 398 g/mol. The minimum Gasteiger partial charge on any atom is -0.478 e. The van der Waals surface area contributed by atoms with Gasteiger partial charge in [0.05, 0.1) is 11.1 Å². The summed E-state index contributed by atoms with van der Waals surface area (Å²) in [5.74, 6) is 0.765. The van der Waals surface area contributed by atoms with Crippen LogP contribution in [0.1, 0.15) is 24.1 Å². The van der Waals surface area contributed by atoms with Gasteiger partial charge in [-0.25, -0.2) is 4.79 Å². The third-order valence-corrected chi connectivity index (χ3v) is 5.95. The maximum Gasteiger partial charge on any atom is 0.344 e. The number of ether oxygens (including phenoxy) is 1. The molecule has 0 spiro atoms. The third kappa shape index (κ3) is 3.38. The molecule has 1 aliphatic rings. The lowest BCUT2D eigenvalue weighted by Crippen LogP contribution is -2.34. The molecule has 0 saturated carbocycles. The van der Waals surface area contributed by atoms with Crippen molar-refractivity contribution in [2.24, 2.45) is 0 Å². The lowest BCUT2D eigenvalue weighted by atomic mass is 10.0. The SMILES string of the molecule is CC(c1ccccc1)N1COc2ccc3cc(-c4ccc(Cl)cc4)c(=O)oc3c2C1. The highest BCUT2D eigenvalue weighted by atomic mass is 35.5. The Morgan fingerprint density at radius 2 is 1.77 bits per heavy atom. The second-order valence-corrected chi connectivity index (χ2v) is 7.96. The third-order valence-electron chi connectivity index (χ3n) is 5.69. The van der Waals surface area contributed by atoms with E-state index in [1.54, 1.807) is 12.1 Å². The van der Waals surface area contributed by atoms with Crippen molar-refractivity contribution in [1.82, 2.24) is 4.90 Å². The van der Waals surface area contributed by atoms with Gasteiger partial charge >= 0.3 is 5.63 Å². The highest BCUT2D eigenvalue weighted by Gasteiger charge is 2.26. The number of benzene rings is 3. The van der Waals surface area contributed by atoms with Crippen LogP contribution in [-0.4, -0.2) is 11.6 Å². The van der Waals surface area contributed by atoms with Gasteiger partial charge in [-0.05, 0) is 48.4 Å². The van der Waals surface area contributed by atoms with Crippen molar-refractivity contribution in [3.05, 3.63) is 99.4 Å². The number of fused-ring (bicyclic) bond motifs is 3. The molecule has 1 unspecified atom stereocenters. The minimum atomic E-state index is -0.369. The van der Waals surface area contributed by atoms with Gasteiger partial charge in [0, 0.05) is 23.0 Å². The van der Waals surface area contributed by atoms with Crippen molar-refractivity contribution in [1.29, 1.82) is 0 Å². The molecular formula is C25H20ClNO3. The van der Waals surface area contributed by atoms with Crippen molar-refractivity contribution >= 4 is 22.6 Å². The van der Waals surface area contributed by atoms with Crippen molar-refractivity contribution in [2.75, 3.05) is 6.73 Å². The first kappa shape index (κ1) is 18.9. The van der Waals surface area contributed by atoms with E-state index in [4.69, 9.17) is 20.8 Å². The van der Waals surface area contributed by atoms with E-state index in [1.807, 2.05) is 48.5 Å². The number of hydrogen-bond acceptors (Lipinski definition) is 4. The number of rotatable bonds is 3. The van der Waals surface area contributed by atoms with E-state index < -0.39 is 0 Å². The molecule has 1 aromatic heterocycles. The standard InChI is InChI=1S/C25H20ClNO3/c1-16(17-5-3-2-4-6-17)27-14-22-23(29-15-27)12-9-19-13-21(25(28)30-24(19)22)18-7-10-20(26)11-8-18/h2-13,16H,14-15H2,1H3. The van der Waals surface area contributed by atoms with E-state index in [1.165, 1.54) is 5.56 Å². The van der Waals surface area contributed by atoms with Gasteiger partial charge in [-0.3, -0.25) is 4.90 Å². The Morgan fingerprint density at radius 3 is 2.53 bits per heavy atom. The van der Waals surface area contributed by atoms with Crippen LogP contribution in [0.3, 0.4) is 0 Å². The van der Waals surface area contributed by atoms with Crippen LogP contribution < -0.4 is 10.4 Å². The molecule has 0 radical (unpaired) electrons. The van der Waals surface area contributed by atoms with Crippen LogP contribution in [0.5, 0.6) is 5.75 Å². The molecule has 5 rings (SSSR count). The Labute approximate surface area is 179 Å². The molecule has 0 amide bonds. The normalized spacial score (nSPS) is 14.9. The first-order valence-corrected chi connectivity index (χ1v) is 10.3. The van der Waals surface area contributed by atoms with E-state index in [2.05, 4.69) is 24.0 Å². The molecule has 4 aromatic rings. The Morgan fingerprint density at radius 1 is 1.00 bits per heavy atom. The maximum atomic E-state index is 12.8. The quantitative estimate of drug-likeness (QED) is 0.382. The summed E-state index contributed by atoms with van der Waals surface area (Å²) in [5, 5.41) is 1.50. The number of halogens is 1. The van der Waals surface area contributed by atoms with Crippen molar-refractivity contribution in [3.8, 4) is 16.9 Å². The number of nitrogens with zero attached hydrogens (tertiary/aromatic N) is 1. The second-order valence-electron chi connectivity index (χ2n) is 7.52. The smallest absolute Gasteiger partial charge is 0.344 e. The zero-order chi connectivity index (χ0) is 20.7. The first-order chi connectivity index (χ1) is 14.6. The van der Waals surface area contributed by atoms with Crippen LogP contribution in [0, 0.1) is 0 Å². The van der Waals surface area contributed by atoms with Gasteiger partial charge in [0.2, 0.25) is 0 Å². The van der Waals surface area contributed by atoms with E-state index in [9.17, 15) is 4.79 Å². The average Bonchev–Trinajstić information content (AvgIpc) is 2.79. The first-order valence-electron chi connectivity index (χ1n) is 9.87. The van der Waals surface area contributed by atoms with Gasteiger partial charge in [-0.15, -0.1) is 0 Å². The summed E-state index contributed by atoms with van der Waals surface area (Å²) < 4.78 is 11.8. The summed E-state index contributed by atoms with van der Waals surface area (Å²) in [7, 11) is 0. The average molecular weight is 418 g/mol. The number of hydrogen-bond donors (Lipinski definition) is 0. The molecule has 0 bridgehead atoms. The van der Waals surface area contributed by atoms with Crippen molar-refractivity contribution in [2.45, 2.75) is 19.5 Å². The topological polar surface area (TPSA) is 42.7 Å².